The number of hydrogen-bond acceptors (Lipinski definition) is 4. The van der Waals surface area contributed by atoms with E-state index < -0.39 is 5.54 Å². The van der Waals surface area contributed by atoms with Gasteiger partial charge in [0.2, 0.25) is 5.54 Å². The molecule has 1 rings (SSSR count). The van der Waals surface area contributed by atoms with E-state index in [1.54, 1.807) is 32.3 Å². The highest BCUT2D eigenvalue weighted by molar-refractivity contribution is 5.39. The Labute approximate surface area is 82.3 Å². The van der Waals surface area contributed by atoms with Crippen LogP contribution in [0.1, 0.15) is 13.8 Å². The van der Waals surface area contributed by atoms with Crippen molar-refractivity contribution in [1.29, 1.82) is 0 Å². The van der Waals surface area contributed by atoms with E-state index in [0.717, 1.165) is 5.69 Å². The molecule has 14 heavy (non-hydrogen) atoms. The fraction of sp³-hybridized carbons (Fsp3) is 0.444. The Morgan fingerprint density at radius 3 is 2.86 bits per heavy atom. The fourth-order valence-corrected chi connectivity index (χ4v) is 0.850. The van der Waals surface area contributed by atoms with E-state index in [1.165, 1.54) is 0 Å². The summed E-state index contributed by atoms with van der Waals surface area (Å²) in [5, 5.41) is 13.6. The summed E-state index contributed by atoms with van der Waals surface area (Å²) in [6, 6.07) is 3.60. The molecule has 0 aromatic carbocycles. The molecule has 0 radical (unpaired) electrons. The first-order valence-corrected chi connectivity index (χ1v) is 4.31. The van der Waals surface area contributed by atoms with Gasteiger partial charge >= 0.3 is 0 Å². The zero-order valence-corrected chi connectivity index (χ0v) is 8.23. The van der Waals surface area contributed by atoms with Crippen LogP contribution in [0, 0.1) is 10.1 Å². The van der Waals surface area contributed by atoms with Crippen LogP contribution in [0.5, 0.6) is 0 Å². The van der Waals surface area contributed by atoms with Gasteiger partial charge in [-0.2, -0.15) is 0 Å². The third-order valence-corrected chi connectivity index (χ3v) is 1.88. The van der Waals surface area contributed by atoms with Crippen molar-refractivity contribution in [2.24, 2.45) is 0 Å². The van der Waals surface area contributed by atoms with Gasteiger partial charge in [0.05, 0.1) is 12.2 Å². The maximum atomic E-state index is 10.6. The molecule has 1 N–H and O–H groups in total. The highest BCUT2D eigenvalue weighted by atomic mass is 16.6. The molecule has 5 heteroatoms. The molecule has 0 fully saturated rings. The summed E-state index contributed by atoms with van der Waals surface area (Å²) in [5.41, 5.74) is -0.169. The topological polar surface area (TPSA) is 68.1 Å². The highest BCUT2D eigenvalue weighted by Crippen LogP contribution is 2.10. The van der Waals surface area contributed by atoms with E-state index >= 15 is 0 Å². The third-order valence-electron chi connectivity index (χ3n) is 1.88. The average molecular weight is 195 g/mol. The number of nitrogens with zero attached hydrogens (tertiary/aromatic N) is 2. The van der Waals surface area contributed by atoms with Crippen molar-refractivity contribution in [2.75, 3.05) is 11.9 Å². The van der Waals surface area contributed by atoms with Crippen LogP contribution in [0.2, 0.25) is 0 Å². The molecule has 5 nitrogen and oxygen atoms in total. The van der Waals surface area contributed by atoms with Gasteiger partial charge in [-0.15, -0.1) is 0 Å². The lowest BCUT2D eigenvalue weighted by molar-refractivity contribution is -0.556. The van der Waals surface area contributed by atoms with Gasteiger partial charge in [0, 0.05) is 31.2 Å². The number of pyridine rings is 1. The Kier molecular flexibility index (Phi) is 3.01. The summed E-state index contributed by atoms with van der Waals surface area (Å²) in [6.45, 7) is 3.44. The van der Waals surface area contributed by atoms with E-state index in [-0.39, 0.29) is 11.5 Å². The molecule has 0 atom stereocenters. The molecule has 0 saturated carbocycles. The maximum Gasteiger partial charge on any atom is 0.233 e. The van der Waals surface area contributed by atoms with Crippen molar-refractivity contribution in [2.45, 2.75) is 19.4 Å². The first-order valence-electron chi connectivity index (χ1n) is 4.31. The number of hydrogen-bond donors (Lipinski definition) is 1. The minimum absolute atomic E-state index is 0.283. The first kappa shape index (κ1) is 10.4. The van der Waals surface area contributed by atoms with Crippen LogP contribution in [0.25, 0.3) is 0 Å². The van der Waals surface area contributed by atoms with Gasteiger partial charge in [-0.25, -0.2) is 0 Å². The number of nitro groups is 1. The number of nitrogens with one attached hydrogen (secondary N) is 1. The molecule has 0 bridgehead atoms. The zero-order chi connectivity index (χ0) is 10.6. The van der Waals surface area contributed by atoms with Crippen LogP contribution in [0.3, 0.4) is 0 Å². The second-order valence-electron chi connectivity index (χ2n) is 3.66. The predicted octanol–water partition coefficient (Wildman–Crippen LogP) is 1.55. The van der Waals surface area contributed by atoms with Crippen molar-refractivity contribution in [3.8, 4) is 0 Å². The van der Waals surface area contributed by atoms with E-state index in [0.29, 0.717) is 0 Å². The molecule has 1 aromatic heterocycles. The Hall–Kier alpha value is -1.65. The van der Waals surface area contributed by atoms with E-state index in [4.69, 9.17) is 0 Å². The number of anilines is 1. The standard InChI is InChI=1S/C9H13N3O2/c1-9(2,12(13)14)7-11-8-4-3-5-10-6-8/h3-6,11H,7H2,1-2H3. The maximum absolute atomic E-state index is 10.6. The molecule has 0 unspecified atom stereocenters. The Morgan fingerprint density at radius 2 is 2.36 bits per heavy atom. The van der Waals surface area contributed by atoms with Crippen molar-refractivity contribution in [1.82, 2.24) is 4.98 Å². The van der Waals surface area contributed by atoms with Crippen molar-refractivity contribution in [3.63, 3.8) is 0 Å². The van der Waals surface area contributed by atoms with Gasteiger partial charge in [0.1, 0.15) is 0 Å². The predicted molar refractivity (Wildman–Crippen MR) is 53.8 cm³/mol. The minimum atomic E-state index is -0.962. The van der Waals surface area contributed by atoms with Gasteiger partial charge in [0.25, 0.3) is 0 Å². The molecule has 0 amide bonds. The average Bonchev–Trinajstić information content (AvgIpc) is 2.16. The molecular weight excluding hydrogens is 182 g/mol. The summed E-state index contributed by atoms with van der Waals surface area (Å²) in [5.74, 6) is 0. The normalized spacial score (nSPS) is 11.0. The Morgan fingerprint density at radius 1 is 1.64 bits per heavy atom. The van der Waals surface area contributed by atoms with Gasteiger partial charge in [-0.1, -0.05) is 0 Å². The van der Waals surface area contributed by atoms with Crippen molar-refractivity contribution in [3.05, 3.63) is 34.6 Å². The van der Waals surface area contributed by atoms with Gasteiger partial charge in [0.15, 0.2) is 0 Å². The SMILES string of the molecule is CC(C)(CNc1cccnc1)[N+](=O)[O-]. The Bertz CT molecular complexity index is 311. The zero-order valence-electron chi connectivity index (χ0n) is 8.23. The van der Waals surface area contributed by atoms with Crippen LogP contribution < -0.4 is 5.32 Å². The number of aromatic nitrogens is 1. The van der Waals surface area contributed by atoms with Gasteiger partial charge < -0.3 is 5.32 Å². The summed E-state index contributed by atoms with van der Waals surface area (Å²) in [7, 11) is 0. The lowest BCUT2D eigenvalue weighted by Crippen LogP contribution is -2.38. The van der Waals surface area contributed by atoms with E-state index in [9.17, 15) is 10.1 Å². The second-order valence-corrected chi connectivity index (χ2v) is 3.66. The van der Waals surface area contributed by atoms with E-state index in [1.807, 2.05) is 6.07 Å². The summed E-state index contributed by atoms with van der Waals surface area (Å²) in [4.78, 5) is 14.2. The summed E-state index contributed by atoms with van der Waals surface area (Å²) < 4.78 is 0. The highest BCUT2D eigenvalue weighted by Gasteiger charge is 2.29. The molecule has 0 spiro atoms. The first-order chi connectivity index (χ1) is 6.52. The second kappa shape index (κ2) is 4.04. The van der Waals surface area contributed by atoms with Crippen molar-refractivity contribution >= 4 is 5.69 Å². The molecule has 0 aliphatic rings. The van der Waals surface area contributed by atoms with E-state index in [2.05, 4.69) is 10.3 Å². The van der Waals surface area contributed by atoms with Crippen LogP contribution in [-0.4, -0.2) is 22.0 Å². The van der Waals surface area contributed by atoms with Crippen LogP contribution in [0.15, 0.2) is 24.5 Å². The molecule has 76 valence electrons. The quantitative estimate of drug-likeness (QED) is 0.584. The lowest BCUT2D eigenvalue weighted by Gasteiger charge is -2.16. The largest absolute Gasteiger partial charge is 0.377 e. The number of rotatable bonds is 4. The summed E-state index contributed by atoms with van der Waals surface area (Å²) >= 11 is 0. The molecule has 1 aromatic rings. The Balaban J connectivity index is 2.53. The smallest absolute Gasteiger partial charge is 0.233 e. The fourth-order valence-electron chi connectivity index (χ4n) is 0.850. The summed E-state index contributed by atoms with van der Waals surface area (Å²) in [6.07, 6.45) is 3.29. The van der Waals surface area contributed by atoms with Crippen LogP contribution in [0.4, 0.5) is 5.69 Å². The monoisotopic (exact) mass is 195 g/mol. The molecule has 1 heterocycles. The lowest BCUT2D eigenvalue weighted by atomic mass is 10.1. The van der Waals surface area contributed by atoms with Gasteiger partial charge in [-0.3, -0.25) is 15.1 Å². The molecular formula is C9H13N3O2. The molecule has 0 saturated heterocycles. The minimum Gasteiger partial charge on any atom is -0.377 e. The third kappa shape index (κ3) is 2.69. The van der Waals surface area contributed by atoms with Gasteiger partial charge in [-0.05, 0) is 12.1 Å². The molecule has 0 aliphatic carbocycles. The molecule has 0 aliphatic heterocycles. The van der Waals surface area contributed by atoms with Crippen molar-refractivity contribution < 1.29 is 4.92 Å². The van der Waals surface area contributed by atoms with Crippen LogP contribution in [-0.2, 0) is 0 Å². The van der Waals surface area contributed by atoms with Crippen LogP contribution >= 0.6 is 0 Å².